The fourth-order valence-corrected chi connectivity index (χ4v) is 4.35. The lowest BCUT2D eigenvalue weighted by atomic mass is 9.73. The number of aromatic hydroxyl groups is 1. The van der Waals surface area contributed by atoms with E-state index in [1.54, 1.807) is 0 Å². The topological polar surface area (TPSA) is 98.3 Å². The molecule has 4 aliphatic heterocycles. The number of rotatable bonds is 1. The van der Waals surface area contributed by atoms with Crippen molar-refractivity contribution >= 4 is 22.8 Å². The molecule has 2 bridgehead atoms. The minimum absolute atomic E-state index is 0.0389. The monoisotopic (exact) mass is 411 g/mol. The normalized spacial score (nSPS) is 28.0. The number of halogens is 3. The van der Waals surface area contributed by atoms with Gasteiger partial charge in [-0.15, -0.1) is 0 Å². The number of nitrogens with zero attached hydrogens (tertiary/aromatic N) is 2. The summed E-state index contributed by atoms with van der Waals surface area (Å²) in [5, 5.41) is 21.9. The Balaban J connectivity index is 0.000000255. The lowest BCUT2D eigenvalue weighted by molar-refractivity contribution is -0.192. The highest BCUT2D eigenvalue weighted by Gasteiger charge is 2.50. The SMILES string of the molecule is O=C(O)C(F)(F)F.Oc1c(C2=NCC3(CN4CCC3CC4)N2)oc2ccccc12. The molecule has 3 N–H and O–H groups in total. The summed E-state index contributed by atoms with van der Waals surface area (Å²) in [5.41, 5.74) is 0.742. The fourth-order valence-electron chi connectivity index (χ4n) is 4.35. The first-order valence-electron chi connectivity index (χ1n) is 9.25. The fraction of sp³-hybridized carbons (Fsp3) is 0.474. The Morgan fingerprint density at radius 1 is 1.28 bits per heavy atom. The Hall–Kier alpha value is -2.75. The van der Waals surface area contributed by atoms with Gasteiger partial charge in [-0.3, -0.25) is 4.99 Å². The van der Waals surface area contributed by atoms with Crippen LogP contribution in [0.1, 0.15) is 18.6 Å². The van der Waals surface area contributed by atoms with E-state index in [0.717, 1.165) is 18.5 Å². The number of amidine groups is 1. The van der Waals surface area contributed by atoms with Gasteiger partial charge in [0, 0.05) is 6.54 Å². The maximum absolute atomic E-state index is 10.6. The molecule has 0 aliphatic carbocycles. The van der Waals surface area contributed by atoms with E-state index in [4.69, 9.17) is 14.3 Å². The van der Waals surface area contributed by atoms with Crippen LogP contribution in [0, 0.1) is 5.92 Å². The first kappa shape index (κ1) is 19.6. The Labute approximate surface area is 163 Å². The molecule has 1 spiro atoms. The molecule has 0 amide bonds. The zero-order valence-corrected chi connectivity index (χ0v) is 15.4. The average molecular weight is 411 g/mol. The van der Waals surface area contributed by atoms with Crippen molar-refractivity contribution in [2.45, 2.75) is 24.6 Å². The number of piperidine rings is 3. The minimum Gasteiger partial charge on any atom is -0.504 e. The van der Waals surface area contributed by atoms with Gasteiger partial charge in [-0.25, -0.2) is 4.79 Å². The Morgan fingerprint density at radius 2 is 1.93 bits per heavy atom. The lowest BCUT2D eigenvalue weighted by Gasteiger charge is -2.51. The number of benzene rings is 1. The Kier molecular flexibility index (Phi) is 4.68. The van der Waals surface area contributed by atoms with Crippen molar-refractivity contribution in [3.8, 4) is 5.75 Å². The number of alkyl halides is 3. The van der Waals surface area contributed by atoms with E-state index >= 15 is 0 Å². The average Bonchev–Trinajstić information content (AvgIpc) is 3.24. The highest BCUT2D eigenvalue weighted by Crippen LogP contribution is 2.40. The van der Waals surface area contributed by atoms with Gasteiger partial charge in [0.05, 0.1) is 17.5 Å². The summed E-state index contributed by atoms with van der Waals surface area (Å²) in [7, 11) is 0. The summed E-state index contributed by atoms with van der Waals surface area (Å²) in [6.45, 7) is 4.24. The third-order valence-electron chi connectivity index (χ3n) is 5.79. The van der Waals surface area contributed by atoms with Crippen LogP contribution in [0.2, 0.25) is 0 Å². The number of hydrogen-bond donors (Lipinski definition) is 3. The van der Waals surface area contributed by atoms with Gasteiger partial charge in [0.2, 0.25) is 5.76 Å². The van der Waals surface area contributed by atoms with Crippen LogP contribution in [0.4, 0.5) is 13.2 Å². The van der Waals surface area contributed by atoms with Gasteiger partial charge < -0.3 is 24.8 Å². The number of para-hydroxylation sites is 1. The van der Waals surface area contributed by atoms with E-state index < -0.39 is 12.1 Å². The molecule has 1 aromatic heterocycles. The zero-order chi connectivity index (χ0) is 20.8. The number of carbonyl (C=O) groups is 1. The van der Waals surface area contributed by atoms with Crippen LogP contribution in [-0.2, 0) is 4.79 Å². The van der Waals surface area contributed by atoms with Gasteiger partial charge in [0.15, 0.2) is 11.6 Å². The molecule has 156 valence electrons. The first-order chi connectivity index (χ1) is 13.7. The first-order valence-corrected chi connectivity index (χ1v) is 9.25. The van der Waals surface area contributed by atoms with Crippen molar-refractivity contribution in [2.75, 3.05) is 26.2 Å². The number of hydrogen-bond acceptors (Lipinski definition) is 6. The predicted octanol–water partition coefficient (Wildman–Crippen LogP) is 2.59. The molecule has 3 fully saturated rings. The van der Waals surface area contributed by atoms with Crippen molar-refractivity contribution in [2.24, 2.45) is 10.9 Å². The number of carboxylic acid groups (broad SMARTS) is 1. The molecule has 7 nitrogen and oxygen atoms in total. The second-order valence-electron chi connectivity index (χ2n) is 7.58. The molecule has 1 atom stereocenters. The van der Waals surface area contributed by atoms with Crippen molar-refractivity contribution in [1.29, 1.82) is 0 Å². The molecule has 0 radical (unpaired) electrons. The summed E-state index contributed by atoms with van der Waals surface area (Å²) >= 11 is 0. The van der Waals surface area contributed by atoms with E-state index in [0.29, 0.717) is 23.1 Å². The summed E-state index contributed by atoms with van der Waals surface area (Å²) in [6, 6.07) is 7.56. The van der Waals surface area contributed by atoms with E-state index in [1.165, 1.54) is 25.9 Å². The molecule has 2 aromatic rings. The van der Waals surface area contributed by atoms with Gasteiger partial charge in [0.1, 0.15) is 5.58 Å². The number of aliphatic imine (C=N–C) groups is 1. The molecule has 4 aliphatic rings. The molecule has 1 unspecified atom stereocenters. The highest BCUT2D eigenvalue weighted by molar-refractivity contribution is 6.05. The molecule has 29 heavy (non-hydrogen) atoms. The van der Waals surface area contributed by atoms with Gasteiger partial charge in [0.25, 0.3) is 0 Å². The van der Waals surface area contributed by atoms with Crippen LogP contribution in [0.5, 0.6) is 5.75 Å². The second kappa shape index (κ2) is 6.94. The van der Waals surface area contributed by atoms with Crippen LogP contribution in [-0.4, -0.2) is 64.8 Å². The molecule has 3 saturated heterocycles. The minimum atomic E-state index is -5.08. The maximum Gasteiger partial charge on any atom is 0.490 e. The molecule has 5 heterocycles. The third-order valence-corrected chi connectivity index (χ3v) is 5.79. The van der Waals surface area contributed by atoms with Gasteiger partial charge in [-0.05, 0) is 44.0 Å². The quantitative estimate of drug-likeness (QED) is 0.667. The summed E-state index contributed by atoms with van der Waals surface area (Å²) < 4.78 is 37.6. The smallest absolute Gasteiger partial charge is 0.490 e. The van der Waals surface area contributed by atoms with Crippen LogP contribution in [0.15, 0.2) is 33.7 Å². The number of furan rings is 1. The van der Waals surface area contributed by atoms with Crippen molar-refractivity contribution in [3.05, 3.63) is 30.0 Å². The summed E-state index contributed by atoms with van der Waals surface area (Å²) in [6.07, 6.45) is -2.61. The van der Waals surface area contributed by atoms with Gasteiger partial charge >= 0.3 is 12.1 Å². The van der Waals surface area contributed by atoms with Crippen LogP contribution in [0.3, 0.4) is 0 Å². The van der Waals surface area contributed by atoms with Crippen molar-refractivity contribution in [3.63, 3.8) is 0 Å². The Bertz CT molecular complexity index is 963. The predicted molar refractivity (Wildman–Crippen MR) is 98.0 cm³/mol. The molecule has 1 aromatic carbocycles. The third kappa shape index (κ3) is 3.52. The number of fused-ring (bicyclic) bond motifs is 3. The number of carboxylic acids is 1. The maximum atomic E-state index is 10.6. The van der Waals surface area contributed by atoms with Crippen LogP contribution < -0.4 is 5.32 Å². The van der Waals surface area contributed by atoms with Crippen molar-refractivity contribution in [1.82, 2.24) is 10.2 Å². The zero-order valence-electron chi connectivity index (χ0n) is 15.4. The van der Waals surface area contributed by atoms with E-state index in [1.807, 2.05) is 24.3 Å². The van der Waals surface area contributed by atoms with Gasteiger partial charge in [-0.1, -0.05) is 12.1 Å². The van der Waals surface area contributed by atoms with Crippen LogP contribution in [0.25, 0.3) is 11.0 Å². The second-order valence-corrected chi connectivity index (χ2v) is 7.58. The standard InChI is InChI=1S/C17H19N3O2.C2HF3O2/c21-14-12-3-1-2-4-13(12)22-15(14)16-18-9-17(19-16)10-20-7-5-11(17)6-8-20;3-2(4,5)1(6)7/h1-4,11,21H,5-10H2,(H,18,19);(H,6,7). The number of nitrogens with one attached hydrogen (secondary N) is 1. The molecular formula is C19H20F3N3O4. The number of aliphatic carboxylic acids is 1. The van der Waals surface area contributed by atoms with E-state index in [2.05, 4.69) is 15.2 Å². The van der Waals surface area contributed by atoms with E-state index in [-0.39, 0.29) is 11.3 Å². The van der Waals surface area contributed by atoms with E-state index in [9.17, 15) is 18.3 Å². The molecular weight excluding hydrogens is 391 g/mol. The van der Waals surface area contributed by atoms with Crippen molar-refractivity contribution < 1.29 is 32.6 Å². The molecule has 6 rings (SSSR count). The molecule has 10 heteroatoms. The Morgan fingerprint density at radius 3 is 2.48 bits per heavy atom. The van der Waals surface area contributed by atoms with Gasteiger partial charge in [-0.2, -0.15) is 13.2 Å². The largest absolute Gasteiger partial charge is 0.504 e. The summed E-state index contributed by atoms with van der Waals surface area (Å²) in [4.78, 5) is 16.1. The lowest BCUT2D eigenvalue weighted by Crippen LogP contribution is -2.66. The highest BCUT2D eigenvalue weighted by atomic mass is 19.4. The summed E-state index contributed by atoms with van der Waals surface area (Å²) in [5.74, 6) is -0.699. The molecule has 0 saturated carbocycles. The van der Waals surface area contributed by atoms with Crippen LogP contribution >= 0.6 is 0 Å².